The van der Waals surface area contributed by atoms with Gasteiger partial charge in [-0.05, 0) is 30.0 Å². The highest BCUT2D eigenvalue weighted by molar-refractivity contribution is 5.96. The summed E-state index contributed by atoms with van der Waals surface area (Å²) in [5.41, 5.74) is 6.85. The van der Waals surface area contributed by atoms with E-state index in [9.17, 15) is 9.59 Å². The van der Waals surface area contributed by atoms with Gasteiger partial charge < -0.3 is 15.8 Å². The van der Waals surface area contributed by atoms with Gasteiger partial charge in [0.1, 0.15) is 17.5 Å². The highest BCUT2D eigenvalue weighted by atomic mass is 16.5. The van der Waals surface area contributed by atoms with Gasteiger partial charge in [-0.3, -0.25) is 14.7 Å². The van der Waals surface area contributed by atoms with E-state index in [0.717, 1.165) is 5.56 Å². The fraction of sp³-hybridized carbons (Fsp3) is 0.389. The van der Waals surface area contributed by atoms with E-state index in [1.807, 2.05) is 45.0 Å². The molecule has 4 N–H and O–H groups in total. The van der Waals surface area contributed by atoms with Crippen molar-refractivity contribution in [3.05, 3.63) is 36.0 Å². The normalized spacial score (nSPS) is 12.5. The van der Waals surface area contributed by atoms with E-state index in [4.69, 9.17) is 10.5 Å². The number of benzene rings is 1. The van der Waals surface area contributed by atoms with Gasteiger partial charge in [-0.15, -0.1) is 0 Å². The third-order valence-corrected chi connectivity index (χ3v) is 3.67. The molecule has 0 radical (unpaired) electrons. The summed E-state index contributed by atoms with van der Waals surface area (Å²) in [4.78, 5) is 24.0. The monoisotopic (exact) mass is 344 g/mol. The number of carbonyl (C=O) groups is 2. The fourth-order valence-electron chi connectivity index (χ4n) is 2.50. The lowest BCUT2D eigenvalue weighted by Crippen LogP contribution is -2.46. The molecule has 0 fully saturated rings. The second-order valence-electron chi connectivity index (χ2n) is 7.06. The zero-order valence-electron chi connectivity index (χ0n) is 14.9. The zero-order valence-corrected chi connectivity index (χ0v) is 14.9. The first-order chi connectivity index (χ1) is 11.7. The minimum atomic E-state index is -0.745. The summed E-state index contributed by atoms with van der Waals surface area (Å²) < 4.78 is 5.30. The standard InChI is InChI=1S/C18H24N4O3/c1-18(2,3)10-14(16(19)23)20-17(24)13-9-12(21-22-13)11-7-5-6-8-15(11)25-4/h5-9,14H,10H2,1-4H3,(H2,19,23)(H,20,24)(H,21,22)/t14-/m0/s1. The van der Waals surface area contributed by atoms with Crippen LogP contribution in [0.25, 0.3) is 11.3 Å². The Bertz CT molecular complexity index is 762. The highest BCUT2D eigenvalue weighted by Crippen LogP contribution is 2.28. The number of rotatable bonds is 6. The quantitative estimate of drug-likeness (QED) is 0.745. The Morgan fingerprint density at radius 3 is 2.60 bits per heavy atom. The molecule has 1 heterocycles. The molecule has 2 rings (SSSR count). The van der Waals surface area contributed by atoms with Gasteiger partial charge in [0, 0.05) is 5.56 Å². The zero-order chi connectivity index (χ0) is 18.6. The summed E-state index contributed by atoms with van der Waals surface area (Å²) in [6.07, 6.45) is 0.446. The maximum atomic E-state index is 12.4. The molecule has 1 aromatic carbocycles. The number of methoxy groups -OCH3 is 1. The van der Waals surface area contributed by atoms with Gasteiger partial charge in [-0.1, -0.05) is 32.9 Å². The molecule has 0 saturated heterocycles. The number of H-pyrrole nitrogens is 1. The molecule has 0 unspecified atom stereocenters. The lowest BCUT2D eigenvalue weighted by atomic mass is 9.88. The van der Waals surface area contributed by atoms with Crippen LogP contribution in [0.2, 0.25) is 0 Å². The van der Waals surface area contributed by atoms with Gasteiger partial charge in [0.05, 0.1) is 12.8 Å². The first kappa shape index (κ1) is 18.5. The van der Waals surface area contributed by atoms with Crippen molar-refractivity contribution in [1.29, 1.82) is 0 Å². The van der Waals surface area contributed by atoms with Gasteiger partial charge in [0.2, 0.25) is 5.91 Å². The summed E-state index contributed by atoms with van der Waals surface area (Å²) in [5.74, 6) is -0.335. The number of nitrogens with two attached hydrogens (primary N) is 1. The number of primary amides is 1. The number of hydrogen-bond donors (Lipinski definition) is 3. The molecule has 0 aliphatic carbocycles. The van der Waals surface area contributed by atoms with Crippen molar-refractivity contribution in [2.75, 3.05) is 7.11 Å². The highest BCUT2D eigenvalue weighted by Gasteiger charge is 2.25. The molecule has 2 aromatic rings. The van der Waals surface area contributed by atoms with Gasteiger partial charge in [0.25, 0.3) is 5.91 Å². The molecule has 0 aliphatic heterocycles. The number of amides is 2. The Balaban J connectivity index is 2.18. The molecule has 134 valence electrons. The Morgan fingerprint density at radius 1 is 1.32 bits per heavy atom. The molecule has 0 bridgehead atoms. The van der Waals surface area contributed by atoms with Crippen LogP contribution >= 0.6 is 0 Å². The van der Waals surface area contributed by atoms with Crippen LogP contribution in [0, 0.1) is 5.41 Å². The SMILES string of the molecule is COc1ccccc1-c1cc(C(=O)N[C@@H](CC(C)(C)C)C(N)=O)[nH]n1. The lowest BCUT2D eigenvalue weighted by Gasteiger charge is -2.24. The van der Waals surface area contributed by atoms with E-state index in [1.54, 1.807) is 13.2 Å². The summed E-state index contributed by atoms with van der Waals surface area (Å²) in [7, 11) is 1.57. The number of carbonyl (C=O) groups excluding carboxylic acids is 2. The minimum absolute atomic E-state index is 0.149. The fourth-order valence-corrected chi connectivity index (χ4v) is 2.50. The molecule has 1 atom stereocenters. The smallest absolute Gasteiger partial charge is 0.269 e. The van der Waals surface area contributed by atoms with Crippen molar-refractivity contribution >= 4 is 11.8 Å². The number of aromatic nitrogens is 2. The number of para-hydroxylation sites is 1. The van der Waals surface area contributed by atoms with Crippen molar-refractivity contribution in [2.45, 2.75) is 33.2 Å². The van der Waals surface area contributed by atoms with Gasteiger partial charge in [0.15, 0.2) is 0 Å². The van der Waals surface area contributed by atoms with Crippen molar-refractivity contribution in [3.63, 3.8) is 0 Å². The van der Waals surface area contributed by atoms with Crippen LogP contribution in [0.4, 0.5) is 0 Å². The number of aromatic amines is 1. The molecule has 0 aliphatic rings. The molecule has 2 amide bonds. The summed E-state index contributed by atoms with van der Waals surface area (Å²) in [6, 6.07) is 8.25. The number of nitrogens with one attached hydrogen (secondary N) is 2. The van der Waals surface area contributed by atoms with Crippen LogP contribution in [0.3, 0.4) is 0 Å². The maximum Gasteiger partial charge on any atom is 0.269 e. The predicted molar refractivity (Wildman–Crippen MR) is 95.1 cm³/mol. The Kier molecular flexibility index (Phi) is 5.46. The first-order valence-electron chi connectivity index (χ1n) is 8.00. The van der Waals surface area contributed by atoms with Crippen LogP contribution in [-0.4, -0.2) is 35.2 Å². The van der Waals surface area contributed by atoms with E-state index in [1.165, 1.54) is 0 Å². The molecule has 25 heavy (non-hydrogen) atoms. The van der Waals surface area contributed by atoms with E-state index < -0.39 is 17.9 Å². The third kappa shape index (κ3) is 4.82. The van der Waals surface area contributed by atoms with Crippen LogP contribution < -0.4 is 15.8 Å². The van der Waals surface area contributed by atoms with E-state index in [2.05, 4.69) is 15.5 Å². The molecule has 0 spiro atoms. The average molecular weight is 344 g/mol. The molecular formula is C18H24N4O3. The van der Waals surface area contributed by atoms with Crippen molar-refractivity contribution in [3.8, 4) is 17.0 Å². The van der Waals surface area contributed by atoms with Crippen LogP contribution in [-0.2, 0) is 4.79 Å². The third-order valence-electron chi connectivity index (χ3n) is 3.67. The maximum absolute atomic E-state index is 12.4. The largest absolute Gasteiger partial charge is 0.496 e. The Morgan fingerprint density at radius 2 is 2.00 bits per heavy atom. The van der Waals surface area contributed by atoms with Gasteiger partial charge in [-0.25, -0.2) is 0 Å². The summed E-state index contributed by atoms with van der Waals surface area (Å²) >= 11 is 0. The number of hydrogen-bond acceptors (Lipinski definition) is 4. The van der Waals surface area contributed by atoms with E-state index >= 15 is 0 Å². The number of nitrogens with zero attached hydrogens (tertiary/aromatic N) is 1. The van der Waals surface area contributed by atoms with Crippen molar-refractivity contribution < 1.29 is 14.3 Å². The van der Waals surface area contributed by atoms with Gasteiger partial charge >= 0.3 is 0 Å². The molecule has 7 heteroatoms. The second kappa shape index (κ2) is 7.38. The van der Waals surface area contributed by atoms with Gasteiger partial charge in [-0.2, -0.15) is 5.10 Å². The summed E-state index contributed by atoms with van der Waals surface area (Å²) in [6.45, 7) is 5.93. The Labute approximate surface area is 146 Å². The topological polar surface area (TPSA) is 110 Å². The average Bonchev–Trinajstić information content (AvgIpc) is 3.02. The van der Waals surface area contributed by atoms with Crippen LogP contribution in [0.15, 0.2) is 30.3 Å². The molecule has 7 nitrogen and oxygen atoms in total. The van der Waals surface area contributed by atoms with Crippen LogP contribution in [0.5, 0.6) is 5.75 Å². The molecule has 0 saturated carbocycles. The predicted octanol–water partition coefficient (Wildman–Crippen LogP) is 2.11. The molecule has 1 aromatic heterocycles. The minimum Gasteiger partial charge on any atom is -0.496 e. The first-order valence-corrected chi connectivity index (χ1v) is 8.00. The van der Waals surface area contributed by atoms with E-state index in [-0.39, 0.29) is 11.1 Å². The summed E-state index contributed by atoms with van der Waals surface area (Å²) in [5, 5.41) is 9.52. The Hall–Kier alpha value is -2.83. The molecular weight excluding hydrogens is 320 g/mol. The van der Waals surface area contributed by atoms with Crippen molar-refractivity contribution in [2.24, 2.45) is 11.1 Å². The lowest BCUT2D eigenvalue weighted by molar-refractivity contribution is -0.120. The second-order valence-corrected chi connectivity index (χ2v) is 7.06. The van der Waals surface area contributed by atoms with Crippen molar-refractivity contribution in [1.82, 2.24) is 15.5 Å². The van der Waals surface area contributed by atoms with Crippen LogP contribution in [0.1, 0.15) is 37.7 Å². The number of ether oxygens (including phenoxy) is 1. The van der Waals surface area contributed by atoms with E-state index in [0.29, 0.717) is 17.9 Å².